The lowest BCUT2D eigenvalue weighted by atomic mass is 9.91. The summed E-state index contributed by atoms with van der Waals surface area (Å²) in [5, 5.41) is 5.11. The Morgan fingerprint density at radius 2 is 2.00 bits per heavy atom. The molecule has 1 heterocycles. The molecule has 4 nitrogen and oxygen atoms in total. The van der Waals surface area contributed by atoms with Crippen LogP contribution in [-0.2, 0) is 13.0 Å². The molecule has 136 valence electrons. The van der Waals surface area contributed by atoms with Gasteiger partial charge in [0.15, 0.2) is 0 Å². The molecular formula is C22H26N2O2. The smallest absolute Gasteiger partial charge is 0.127 e. The number of hydrogen-bond donors (Lipinski definition) is 2. The van der Waals surface area contributed by atoms with E-state index in [0.29, 0.717) is 6.04 Å². The molecule has 4 rings (SSSR count). The van der Waals surface area contributed by atoms with Gasteiger partial charge in [0.05, 0.1) is 14.2 Å². The van der Waals surface area contributed by atoms with E-state index in [-0.39, 0.29) is 0 Å². The van der Waals surface area contributed by atoms with E-state index >= 15 is 0 Å². The second kappa shape index (κ2) is 7.04. The van der Waals surface area contributed by atoms with Crippen LogP contribution in [0.4, 0.5) is 0 Å². The van der Waals surface area contributed by atoms with Crippen molar-refractivity contribution in [3.63, 3.8) is 0 Å². The lowest BCUT2D eigenvalue weighted by Crippen LogP contribution is -2.25. The van der Waals surface area contributed by atoms with Crippen LogP contribution in [0.1, 0.15) is 41.3 Å². The summed E-state index contributed by atoms with van der Waals surface area (Å²) >= 11 is 0. The third-order valence-electron chi connectivity index (χ3n) is 5.40. The van der Waals surface area contributed by atoms with Crippen molar-refractivity contribution in [1.82, 2.24) is 10.3 Å². The summed E-state index contributed by atoms with van der Waals surface area (Å²) in [6, 6.07) is 13.0. The van der Waals surface area contributed by atoms with Crippen LogP contribution in [-0.4, -0.2) is 19.2 Å². The number of aromatic nitrogens is 1. The van der Waals surface area contributed by atoms with Crippen molar-refractivity contribution in [3.8, 4) is 11.5 Å². The van der Waals surface area contributed by atoms with Crippen molar-refractivity contribution in [2.24, 2.45) is 0 Å². The predicted octanol–water partition coefficient (Wildman–Crippen LogP) is 4.66. The van der Waals surface area contributed by atoms with Crippen molar-refractivity contribution < 1.29 is 9.47 Å². The molecule has 1 aromatic heterocycles. The molecule has 26 heavy (non-hydrogen) atoms. The van der Waals surface area contributed by atoms with E-state index in [1.807, 2.05) is 12.1 Å². The molecule has 0 saturated heterocycles. The zero-order valence-electron chi connectivity index (χ0n) is 15.7. The number of aryl methyl sites for hydroxylation is 2. The molecule has 4 heteroatoms. The van der Waals surface area contributed by atoms with E-state index in [1.165, 1.54) is 34.1 Å². The Balaban J connectivity index is 1.58. The molecule has 0 fully saturated rings. The average molecular weight is 350 g/mol. The number of H-pyrrole nitrogens is 1. The van der Waals surface area contributed by atoms with Gasteiger partial charge in [-0.2, -0.15) is 0 Å². The maximum Gasteiger partial charge on any atom is 0.127 e. The number of rotatable bonds is 5. The third-order valence-corrected chi connectivity index (χ3v) is 5.40. The summed E-state index contributed by atoms with van der Waals surface area (Å²) in [6.07, 6.45) is 3.52. The Hall–Kier alpha value is -2.46. The van der Waals surface area contributed by atoms with Crippen molar-refractivity contribution in [1.29, 1.82) is 0 Å². The number of nitrogens with one attached hydrogen (secondary N) is 2. The van der Waals surface area contributed by atoms with Gasteiger partial charge in [0.2, 0.25) is 0 Å². The number of benzene rings is 2. The van der Waals surface area contributed by atoms with Gasteiger partial charge < -0.3 is 19.8 Å². The Kier molecular flexibility index (Phi) is 4.60. The van der Waals surface area contributed by atoms with E-state index in [1.54, 1.807) is 14.2 Å². The Morgan fingerprint density at radius 3 is 2.81 bits per heavy atom. The standard InChI is InChI=1S/C22H26N2O2/c1-14-7-10-19-18(11-14)17-5-4-6-20(22(17)24-19)23-13-15-8-9-16(25-2)12-21(15)26-3/h7-12,20,23-24H,4-6,13H2,1-3H3. The first kappa shape index (κ1) is 17.0. The summed E-state index contributed by atoms with van der Waals surface area (Å²) < 4.78 is 10.8. The molecule has 0 radical (unpaired) electrons. The quantitative estimate of drug-likeness (QED) is 0.703. The van der Waals surface area contributed by atoms with Crippen LogP contribution < -0.4 is 14.8 Å². The van der Waals surface area contributed by atoms with Crippen LogP contribution >= 0.6 is 0 Å². The second-order valence-corrected chi connectivity index (χ2v) is 7.07. The van der Waals surface area contributed by atoms with Crippen LogP contribution in [0.2, 0.25) is 0 Å². The third kappa shape index (κ3) is 3.06. The van der Waals surface area contributed by atoms with Gasteiger partial charge >= 0.3 is 0 Å². The van der Waals surface area contributed by atoms with E-state index in [0.717, 1.165) is 36.4 Å². The van der Waals surface area contributed by atoms with Crippen LogP contribution in [0.25, 0.3) is 10.9 Å². The molecule has 1 atom stereocenters. The number of aromatic amines is 1. The molecule has 1 aliphatic carbocycles. The van der Waals surface area contributed by atoms with Gasteiger partial charge in [-0.05, 0) is 49.9 Å². The van der Waals surface area contributed by atoms with Gasteiger partial charge in [-0.1, -0.05) is 17.7 Å². The molecule has 0 amide bonds. The maximum absolute atomic E-state index is 5.53. The Morgan fingerprint density at radius 1 is 1.12 bits per heavy atom. The van der Waals surface area contributed by atoms with Crippen LogP contribution in [0.5, 0.6) is 11.5 Å². The van der Waals surface area contributed by atoms with Gasteiger partial charge in [-0.15, -0.1) is 0 Å². The van der Waals surface area contributed by atoms with E-state index < -0.39 is 0 Å². The summed E-state index contributed by atoms with van der Waals surface area (Å²) in [6.45, 7) is 2.93. The minimum absolute atomic E-state index is 0.346. The molecule has 0 bridgehead atoms. The molecule has 3 aromatic rings. The average Bonchev–Trinajstić information content (AvgIpc) is 3.04. The Labute approximate surface area is 154 Å². The van der Waals surface area contributed by atoms with E-state index in [2.05, 4.69) is 41.5 Å². The zero-order valence-corrected chi connectivity index (χ0v) is 15.7. The number of methoxy groups -OCH3 is 2. The highest BCUT2D eigenvalue weighted by atomic mass is 16.5. The first-order valence-corrected chi connectivity index (χ1v) is 9.25. The highest BCUT2D eigenvalue weighted by Gasteiger charge is 2.24. The monoisotopic (exact) mass is 350 g/mol. The lowest BCUT2D eigenvalue weighted by Gasteiger charge is -2.24. The minimum atomic E-state index is 0.346. The fourth-order valence-electron chi connectivity index (χ4n) is 4.01. The van der Waals surface area contributed by atoms with Gasteiger partial charge in [-0.25, -0.2) is 0 Å². The number of fused-ring (bicyclic) bond motifs is 3. The summed E-state index contributed by atoms with van der Waals surface area (Å²) in [7, 11) is 3.38. The SMILES string of the molecule is COc1ccc(CNC2CCCc3c2[nH]c2ccc(C)cc32)c(OC)c1. The maximum atomic E-state index is 5.53. The molecule has 2 N–H and O–H groups in total. The lowest BCUT2D eigenvalue weighted by molar-refractivity contribution is 0.386. The summed E-state index contributed by atoms with van der Waals surface area (Å²) in [4.78, 5) is 3.66. The van der Waals surface area contributed by atoms with Gasteiger partial charge in [0, 0.05) is 40.8 Å². The molecule has 0 spiro atoms. The highest BCUT2D eigenvalue weighted by Crippen LogP contribution is 2.35. The van der Waals surface area contributed by atoms with Crippen molar-refractivity contribution in [3.05, 3.63) is 58.8 Å². The van der Waals surface area contributed by atoms with Gasteiger partial charge in [-0.3, -0.25) is 0 Å². The molecule has 2 aromatic carbocycles. The fourth-order valence-corrected chi connectivity index (χ4v) is 4.01. The van der Waals surface area contributed by atoms with Crippen molar-refractivity contribution in [2.45, 2.75) is 38.8 Å². The van der Waals surface area contributed by atoms with E-state index in [9.17, 15) is 0 Å². The minimum Gasteiger partial charge on any atom is -0.497 e. The number of ether oxygens (including phenoxy) is 2. The summed E-state index contributed by atoms with van der Waals surface area (Å²) in [5.74, 6) is 1.68. The Bertz CT molecular complexity index is 929. The molecule has 1 unspecified atom stereocenters. The first-order chi connectivity index (χ1) is 12.7. The normalized spacial score (nSPS) is 16.5. The molecule has 1 aliphatic rings. The van der Waals surface area contributed by atoms with Gasteiger partial charge in [0.25, 0.3) is 0 Å². The van der Waals surface area contributed by atoms with Crippen molar-refractivity contribution in [2.75, 3.05) is 14.2 Å². The topological polar surface area (TPSA) is 46.3 Å². The summed E-state index contributed by atoms with van der Waals surface area (Å²) in [5.41, 5.74) is 6.54. The van der Waals surface area contributed by atoms with Crippen LogP contribution in [0, 0.1) is 6.92 Å². The molecular weight excluding hydrogens is 324 g/mol. The predicted molar refractivity (Wildman–Crippen MR) is 105 cm³/mol. The zero-order chi connectivity index (χ0) is 18.1. The van der Waals surface area contributed by atoms with Crippen LogP contribution in [0.15, 0.2) is 36.4 Å². The van der Waals surface area contributed by atoms with E-state index in [4.69, 9.17) is 9.47 Å². The fraction of sp³-hybridized carbons (Fsp3) is 0.364. The number of hydrogen-bond acceptors (Lipinski definition) is 3. The van der Waals surface area contributed by atoms with Crippen molar-refractivity contribution >= 4 is 10.9 Å². The molecule has 0 aliphatic heterocycles. The highest BCUT2D eigenvalue weighted by molar-refractivity contribution is 5.85. The first-order valence-electron chi connectivity index (χ1n) is 9.25. The largest absolute Gasteiger partial charge is 0.497 e. The molecule has 0 saturated carbocycles. The second-order valence-electron chi connectivity index (χ2n) is 7.07. The van der Waals surface area contributed by atoms with Gasteiger partial charge in [0.1, 0.15) is 11.5 Å². The van der Waals surface area contributed by atoms with Crippen LogP contribution in [0.3, 0.4) is 0 Å².